The van der Waals surface area contributed by atoms with Gasteiger partial charge in [0.2, 0.25) is 0 Å². The number of carboxylic acids is 2. The standard InChI is InChI=1S/C16H10Cl2O4/c17-10-5-6-14(18)12(8-10)13(16(21)22)7-9-3-1-2-4-11(9)15(19)20/h1-8H,(H,19,20)(H,21,22)/b13-7-. The van der Waals surface area contributed by atoms with Crippen molar-refractivity contribution in [3.8, 4) is 0 Å². The second-order valence-corrected chi connectivity index (χ2v) is 5.22. The Morgan fingerprint density at radius 1 is 0.955 bits per heavy atom. The molecule has 0 fully saturated rings. The van der Waals surface area contributed by atoms with E-state index in [9.17, 15) is 14.7 Å². The van der Waals surface area contributed by atoms with Crippen molar-refractivity contribution in [3.63, 3.8) is 0 Å². The molecule has 0 aliphatic carbocycles. The second-order valence-electron chi connectivity index (χ2n) is 4.38. The highest BCUT2D eigenvalue weighted by atomic mass is 35.5. The van der Waals surface area contributed by atoms with Crippen LogP contribution >= 0.6 is 23.2 Å². The maximum absolute atomic E-state index is 11.5. The average molecular weight is 337 g/mol. The van der Waals surface area contributed by atoms with Crippen LogP contribution in [0.4, 0.5) is 0 Å². The third-order valence-corrected chi connectivity index (χ3v) is 3.50. The molecule has 4 nitrogen and oxygen atoms in total. The van der Waals surface area contributed by atoms with Gasteiger partial charge in [0.25, 0.3) is 0 Å². The van der Waals surface area contributed by atoms with Gasteiger partial charge in [0.1, 0.15) is 0 Å². The van der Waals surface area contributed by atoms with Crippen molar-refractivity contribution in [2.24, 2.45) is 0 Å². The van der Waals surface area contributed by atoms with Crippen LogP contribution in [0.15, 0.2) is 42.5 Å². The number of carbonyl (C=O) groups is 2. The number of benzene rings is 2. The summed E-state index contributed by atoms with van der Waals surface area (Å²) < 4.78 is 0. The van der Waals surface area contributed by atoms with Crippen LogP contribution in [0, 0.1) is 0 Å². The van der Waals surface area contributed by atoms with Crippen LogP contribution in [0.1, 0.15) is 21.5 Å². The lowest BCUT2D eigenvalue weighted by Gasteiger charge is -2.08. The predicted molar refractivity (Wildman–Crippen MR) is 85.4 cm³/mol. The van der Waals surface area contributed by atoms with Gasteiger partial charge in [-0.3, -0.25) is 0 Å². The zero-order chi connectivity index (χ0) is 16.3. The monoisotopic (exact) mass is 336 g/mol. The Labute approximate surface area is 136 Å². The van der Waals surface area contributed by atoms with E-state index in [1.807, 2.05) is 0 Å². The fraction of sp³-hybridized carbons (Fsp3) is 0. The smallest absolute Gasteiger partial charge is 0.336 e. The van der Waals surface area contributed by atoms with Crippen LogP contribution in [0.2, 0.25) is 10.0 Å². The van der Waals surface area contributed by atoms with Crippen LogP contribution in [-0.2, 0) is 4.79 Å². The summed E-state index contributed by atoms with van der Waals surface area (Å²) in [4.78, 5) is 22.7. The van der Waals surface area contributed by atoms with Crippen LogP contribution in [0.5, 0.6) is 0 Å². The van der Waals surface area contributed by atoms with Crippen molar-refractivity contribution >= 4 is 46.8 Å². The van der Waals surface area contributed by atoms with Crippen LogP contribution < -0.4 is 0 Å². The Morgan fingerprint density at radius 3 is 2.27 bits per heavy atom. The summed E-state index contributed by atoms with van der Waals surface area (Å²) in [6.07, 6.45) is 1.27. The SMILES string of the molecule is O=C(O)/C(=C\c1ccccc1C(=O)O)c1cc(Cl)ccc1Cl. The first-order valence-electron chi connectivity index (χ1n) is 6.13. The van der Waals surface area contributed by atoms with E-state index in [1.165, 1.54) is 36.4 Å². The minimum atomic E-state index is -1.23. The summed E-state index contributed by atoms with van der Waals surface area (Å²) in [5.41, 5.74) is 0.353. The fourth-order valence-electron chi connectivity index (χ4n) is 1.93. The minimum Gasteiger partial charge on any atom is -0.478 e. The van der Waals surface area contributed by atoms with Gasteiger partial charge in [-0.05, 0) is 35.9 Å². The summed E-state index contributed by atoms with van der Waals surface area (Å²) in [5.74, 6) is -2.38. The summed E-state index contributed by atoms with van der Waals surface area (Å²) in [6, 6.07) is 10.5. The molecule has 2 N–H and O–H groups in total. The van der Waals surface area contributed by atoms with Gasteiger partial charge >= 0.3 is 11.9 Å². The van der Waals surface area contributed by atoms with Gasteiger partial charge in [0.15, 0.2) is 0 Å². The van der Waals surface area contributed by atoms with Crippen LogP contribution in [0.25, 0.3) is 11.6 Å². The first-order chi connectivity index (χ1) is 10.4. The molecule has 0 amide bonds. The summed E-state index contributed by atoms with van der Waals surface area (Å²) >= 11 is 11.9. The molecular weight excluding hydrogens is 327 g/mol. The van der Waals surface area contributed by atoms with Crippen molar-refractivity contribution in [3.05, 3.63) is 69.2 Å². The Bertz CT molecular complexity index is 781. The number of halogens is 2. The topological polar surface area (TPSA) is 74.6 Å². The van der Waals surface area contributed by atoms with Crippen molar-refractivity contribution < 1.29 is 19.8 Å². The molecule has 112 valence electrons. The molecule has 2 rings (SSSR count). The molecular formula is C16H10Cl2O4. The molecule has 0 aliphatic rings. The molecule has 2 aromatic rings. The van der Waals surface area contributed by atoms with Crippen molar-refractivity contribution in [2.75, 3.05) is 0 Å². The van der Waals surface area contributed by atoms with E-state index in [4.69, 9.17) is 28.3 Å². The first-order valence-corrected chi connectivity index (χ1v) is 6.88. The van der Waals surface area contributed by atoms with Gasteiger partial charge < -0.3 is 10.2 Å². The highest BCUT2D eigenvalue weighted by Gasteiger charge is 2.16. The molecule has 2 aromatic carbocycles. The molecule has 6 heteroatoms. The van der Waals surface area contributed by atoms with Gasteiger partial charge in [-0.15, -0.1) is 0 Å². The quantitative estimate of drug-likeness (QED) is 0.644. The Morgan fingerprint density at radius 2 is 1.64 bits per heavy atom. The highest BCUT2D eigenvalue weighted by molar-refractivity contribution is 6.37. The normalized spacial score (nSPS) is 11.3. The largest absolute Gasteiger partial charge is 0.478 e. The van der Waals surface area contributed by atoms with Gasteiger partial charge in [0, 0.05) is 15.6 Å². The van der Waals surface area contributed by atoms with Gasteiger partial charge in [-0.25, -0.2) is 9.59 Å². The number of carboxylic acid groups (broad SMARTS) is 2. The van der Waals surface area contributed by atoms with Gasteiger partial charge in [-0.1, -0.05) is 41.4 Å². The third kappa shape index (κ3) is 3.47. The number of hydrogen-bond donors (Lipinski definition) is 2. The first kappa shape index (κ1) is 16.1. The molecule has 0 spiro atoms. The zero-order valence-corrected chi connectivity index (χ0v) is 12.6. The molecule has 22 heavy (non-hydrogen) atoms. The number of rotatable bonds is 4. The Balaban J connectivity index is 2.66. The predicted octanol–water partition coefficient (Wildman–Crippen LogP) is 4.32. The fourth-order valence-corrected chi connectivity index (χ4v) is 2.32. The van der Waals surface area contributed by atoms with E-state index in [2.05, 4.69) is 0 Å². The van der Waals surface area contributed by atoms with Gasteiger partial charge in [0.05, 0.1) is 11.1 Å². The van der Waals surface area contributed by atoms with Gasteiger partial charge in [-0.2, -0.15) is 0 Å². The van der Waals surface area contributed by atoms with Crippen LogP contribution in [-0.4, -0.2) is 22.2 Å². The maximum Gasteiger partial charge on any atom is 0.336 e. The van der Waals surface area contributed by atoms with E-state index in [0.29, 0.717) is 5.02 Å². The molecule has 0 aromatic heterocycles. The molecule has 0 atom stereocenters. The zero-order valence-electron chi connectivity index (χ0n) is 11.1. The lowest BCUT2D eigenvalue weighted by molar-refractivity contribution is -0.130. The van der Waals surface area contributed by atoms with E-state index in [-0.39, 0.29) is 27.3 Å². The molecule has 0 aliphatic heterocycles. The highest BCUT2D eigenvalue weighted by Crippen LogP contribution is 2.29. The van der Waals surface area contributed by atoms with Crippen molar-refractivity contribution in [1.29, 1.82) is 0 Å². The van der Waals surface area contributed by atoms with E-state index < -0.39 is 11.9 Å². The van der Waals surface area contributed by atoms with E-state index in [0.717, 1.165) is 0 Å². The lowest BCUT2D eigenvalue weighted by atomic mass is 10.00. The molecule has 0 radical (unpaired) electrons. The number of hydrogen-bond acceptors (Lipinski definition) is 2. The molecule has 0 heterocycles. The number of aromatic carboxylic acids is 1. The number of aliphatic carboxylic acids is 1. The maximum atomic E-state index is 11.5. The van der Waals surface area contributed by atoms with Crippen molar-refractivity contribution in [1.82, 2.24) is 0 Å². The Kier molecular flexibility index (Phi) is 4.85. The second kappa shape index (κ2) is 6.64. The van der Waals surface area contributed by atoms with Crippen LogP contribution in [0.3, 0.4) is 0 Å². The Hall–Kier alpha value is -2.30. The lowest BCUT2D eigenvalue weighted by Crippen LogP contribution is -2.03. The molecule has 0 bridgehead atoms. The minimum absolute atomic E-state index is 0.000555. The average Bonchev–Trinajstić information content (AvgIpc) is 2.47. The summed E-state index contributed by atoms with van der Waals surface area (Å²) in [6.45, 7) is 0. The third-order valence-electron chi connectivity index (χ3n) is 2.94. The summed E-state index contributed by atoms with van der Waals surface area (Å²) in [7, 11) is 0. The molecule has 0 saturated carbocycles. The van der Waals surface area contributed by atoms with E-state index in [1.54, 1.807) is 12.1 Å². The van der Waals surface area contributed by atoms with E-state index >= 15 is 0 Å². The van der Waals surface area contributed by atoms with Crippen molar-refractivity contribution in [2.45, 2.75) is 0 Å². The summed E-state index contributed by atoms with van der Waals surface area (Å²) in [5, 5.41) is 19.1. The molecule has 0 unspecified atom stereocenters. The molecule has 0 saturated heterocycles.